The molecule has 0 atom stereocenters. The van der Waals surface area contributed by atoms with Crippen LogP contribution >= 0.6 is 0 Å². The molecule has 2 aliphatic heterocycles. The molecule has 1 aromatic rings. The average Bonchev–Trinajstić information content (AvgIpc) is 3.05. The Morgan fingerprint density at radius 2 is 1.96 bits per heavy atom. The van der Waals surface area contributed by atoms with Crippen LogP contribution in [0.3, 0.4) is 0 Å². The minimum atomic E-state index is -4.39. The standard InChI is InChI=1S/C16H18F3N3O2/c17-16(18,19)12-2-1-3-14(10-12)21-6-7-22(11-21)15(23)20-13-4-8-24-9-5-13/h1-3,6-7,10,13H,4-5,8-9,11H2,(H,20,23). The molecule has 0 aromatic heterocycles. The highest BCUT2D eigenvalue weighted by Crippen LogP contribution is 2.32. The molecule has 1 N–H and O–H groups in total. The topological polar surface area (TPSA) is 44.8 Å². The molecule has 130 valence electrons. The quantitative estimate of drug-likeness (QED) is 0.899. The summed E-state index contributed by atoms with van der Waals surface area (Å²) in [4.78, 5) is 15.3. The van der Waals surface area contributed by atoms with E-state index >= 15 is 0 Å². The third-order valence-corrected chi connectivity index (χ3v) is 4.05. The van der Waals surface area contributed by atoms with Crippen molar-refractivity contribution >= 4 is 11.7 Å². The lowest BCUT2D eigenvalue weighted by molar-refractivity contribution is -0.137. The van der Waals surface area contributed by atoms with E-state index < -0.39 is 11.7 Å². The van der Waals surface area contributed by atoms with Crippen LogP contribution in [-0.2, 0) is 10.9 Å². The Bertz CT molecular complexity index is 627. The van der Waals surface area contributed by atoms with Gasteiger partial charge in [0.05, 0.1) is 5.56 Å². The van der Waals surface area contributed by atoms with Crippen LogP contribution in [0.5, 0.6) is 0 Å². The van der Waals surface area contributed by atoms with Gasteiger partial charge in [-0.25, -0.2) is 4.79 Å². The average molecular weight is 341 g/mol. The van der Waals surface area contributed by atoms with E-state index in [4.69, 9.17) is 4.74 Å². The van der Waals surface area contributed by atoms with Crippen molar-refractivity contribution in [3.05, 3.63) is 42.2 Å². The molecule has 5 nitrogen and oxygen atoms in total. The number of nitrogens with one attached hydrogen (secondary N) is 1. The molecule has 8 heteroatoms. The highest BCUT2D eigenvalue weighted by atomic mass is 19.4. The van der Waals surface area contributed by atoms with Gasteiger partial charge in [0, 0.05) is 37.3 Å². The monoisotopic (exact) mass is 341 g/mol. The van der Waals surface area contributed by atoms with Crippen LogP contribution < -0.4 is 10.2 Å². The highest BCUT2D eigenvalue weighted by Gasteiger charge is 2.31. The molecule has 2 aliphatic rings. The van der Waals surface area contributed by atoms with Crippen molar-refractivity contribution in [2.75, 3.05) is 24.8 Å². The van der Waals surface area contributed by atoms with Crippen molar-refractivity contribution < 1.29 is 22.7 Å². The van der Waals surface area contributed by atoms with E-state index in [2.05, 4.69) is 5.32 Å². The molecule has 24 heavy (non-hydrogen) atoms. The minimum absolute atomic E-state index is 0.0715. The Hall–Kier alpha value is -2.22. The smallest absolute Gasteiger partial charge is 0.381 e. The first-order valence-electron chi connectivity index (χ1n) is 7.70. The summed E-state index contributed by atoms with van der Waals surface area (Å²) in [5.41, 5.74) is -0.319. The maximum absolute atomic E-state index is 12.8. The summed E-state index contributed by atoms with van der Waals surface area (Å²) in [6.45, 7) is 1.42. The van der Waals surface area contributed by atoms with Gasteiger partial charge in [-0.1, -0.05) is 6.07 Å². The second-order valence-electron chi connectivity index (χ2n) is 5.76. The number of amides is 2. The zero-order chi connectivity index (χ0) is 17.2. The van der Waals surface area contributed by atoms with Crippen LogP contribution in [0.4, 0.5) is 23.7 Å². The summed E-state index contributed by atoms with van der Waals surface area (Å²) in [7, 11) is 0. The molecule has 0 unspecified atom stereocenters. The fourth-order valence-electron chi connectivity index (χ4n) is 2.68. The zero-order valence-electron chi connectivity index (χ0n) is 12.9. The molecule has 0 saturated carbocycles. The minimum Gasteiger partial charge on any atom is -0.381 e. The van der Waals surface area contributed by atoms with Crippen molar-refractivity contribution in [2.45, 2.75) is 25.1 Å². The first-order chi connectivity index (χ1) is 11.4. The van der Waals surface area contributed by atoms with Gasteiger partial charge < -0.3 is 15.0 Å². The molecular formula is C16H18F3N3O2. The molecule has 0 radical (unpaired) electrons. The molecule has 0 aliphatic carbocycles. The molecule has 2 amide bonds. The van der Waals surface area contributed by atoms with Gasteiger partial charge in [-0.3, -0.25) is 4.90 Å². The van der Waals surface area contributed by atoms with E-state index in [1.807, 2.05) is 0 Å². The van der Waals surface area contributed by atoms with Crippen LogP contribution in [0, 0.1) is 0 Å². The molecule has 1 fully saturated rings. The van der Waals surface area contributed by atoms with Gasteiger partial charge in [-0.05, 0) is 31.0 Å². The Balaban J connectivity index is 1.61. The van der Waals surface area contributed by atoms with Crippen molar-refractivity contribution in [1.82, 2.24) is 10.2 Å². The molecule has 1 aromatic carbocycles. The number of urea groups is 1. The number of benzene rings is 1. The van der Waals surface area contributed by atoms with Crippen molar-refractivity contribution in [2.24, 2.45) is 0 Å². The van der Waals surface area contributed by atoms with E-state index in [-0.39, 0.29) is 18.7 Å². The number of nitrogens with zero attached hydrogens (tertiary/aromatic N) is 2. The molecule has 3 rings (SSSR count). The number of carbonyl (C=O) groups excluding carboxylic acids is 1. The van der Waals surface area contributed by atoms with Crippen LogP contribution in [0.25, 0.3) is 0 Å². The number of ether oxygens (including phenoxy) is 1. The van der Waals surface area contributed by atoms with Crippen LogP contribution in [-0.4, -0.2) is 36.9 Å². The summed E-state index contributed by atoms with van der Waals surface area (Å²) in [6, 6.07) is 4.86. The predicted octanol–water partition coefficient (Wildman–Crippen LogP) is 3.14. The predicted molar refractivity (Wildman–Crippen MR) is 82.1 cm³/mol. The Morgan fingerprint density at radius 1 is 1.21 bits per heavy atom. The van der Waals surface area contributed by atoms with Gasteiger partial charge in [0.1, 0.15) is 6.67 Å². The van der Waals surface area contributed by atoms with E-state index in [9.17, 15) is 18.0 Å². The van der Waals surface area contributed by atoms with Gasteiger partial charge in [-0.15, -0.1) is 0 Å². The summed E-state index contributed by atoms with van der Waals surface area (Å²) in [5.74, 6) is 0. The van der Waals surface area contributed by atoms with Crippen molar-refractivity contribution in [1.29, 1.82) is 0 Å². The third-order valence-electron chi connectivity index (χ3n) is 4.05. The Kier molecular flexibility index (Phi) is 4.66. The lowest BCUT2D eigenvalue weighted by Crippen LogP contribution is -2.45. The van der Waals surface area contributed by atoms with E-state index in [1.54, 1.807) is 23.4 Å². The number of alkyl halides is 3. The lowest BCUT2D eigenvalue weighted by atomic mass is 10.1. The summed E-state index contributed by atoms with van der Waals surface area (Å²) >= 11 is 0. The summed E-state index contributed by atoms with van der Waals surface area (Å²) in [5, 5.41) is 2.92. The van der Waals surface area contributed by atoms with Crippen molar-refractivity contribution in [3.63, 3.8) is 0 Å². The van der Waals surface area contributed by atoms with Gasteiger partial charge in [0.15, 0.2) is 0 Å². The summed E-state index contributed by atoms with van der Waals surface area (Å²) < 4.78 is 43.6. The number of anilines is 1. The normalized spacial score (nSPS) is 19.0. The SMILES string of the molecule is O=C(NC1CCOCC1)N1C=CN(c2cccc(C(F)(F)F)c2)C1. The summed E-state index contributed by atoms with van der Waals surface area (Å²) in [6.07, 6.45) is 0.300. The Labute approximate surface area is 137 Å². The van der Waals surface area contributed by atoms with E-state index in [0.717, 1.165) is 25.0 Å². The number of carbonyl (C=O) groups is 1. The van der Waals surface area contributed by atoms with Gasteiger partial charge in [0.25, 0.3) is 0 Å². The molecule has 1 saturated heterocycles. The fourth-order valence-corrected chi connectivity index (χ4v) is 2.68. The van der Waals surface area contributed by atoms with E-state index in [0.29, 0.717) is 18.9 Å². The van der Waals surface area contributed by atoms with Crippen LogP contribution in [0.2, 0.25) is 0 Å². The number of hydrogen-bond donors (Lipinski definition) is 1. The van der Waals surface area contributed by atoms with Crippen molar-refractivity contribution in [3.8, 4) is 0 Å². The Morgan fingerprint density at radius 3 is 2.67 bits per heavy atom. The first-order valence-corrected chi connectivity index (χ1v) is 7.70. The molecular weight excluding hydrogens is 323 g/mol. The zero-order valence-corrected chi connectivity index (χ0v) is 12.9. The number of hydrogen-bond acceptors (Lipinski definition) is 3. The third kappa shape index (κ3) is 3.81. The maximum Gasteiger partial charge on any atom is 0.416 e. The highest BCUT2D eigenvalue weighted by molar-refractivity contribution is 5.77. The molecule has 0 bridgehead atoms. The molecule has 0 spiro atoms. The lowest BCUT2D eigenvalue weighted by Gasteiger charge is -2.26. The maximum atomic E-state index is 12.8. The van der Waals surface area contributed by atoms with Gasteiger partial charge in [-0.2, -0.15) is 13.2 Å². The second-order valence-corrected chi connectivity index (χ2v) is 5.76. The van der Waals surface area contributed by atoms with E-state index in [1.165, 1.54) is 11.0 Å². The largest absolute Gasteiger partial charge is 0.416 e. The van der Waals surface area contributed by atoms with Crippen LogP contribution in [0.1, 0.15) is 18.4 Å². The van der Waals surface area contributed by atoms with Gasteiger partial charge in [0.2, 0.25) is 0 Å². The second kappa shape index (κ2) is 6.72. The molecule has 2 heterocycles. The first kappa shape index (κ1) is 16.6. The van der Waals surface area contributed by atoms with Crippen LogP contribution in [0.15, 0.2) is 36.7 Å². The van der Waals surface area contributed by atoms with Gasteiger partial charge >= 0.3 is 12.2 Å². The number of rotatable bonds is 2. The number of halogens is 3. The fraction of sp³-hybridized carbons (Fsp3) is 0.438.